The molecule has 0 bridgehead atoms. The van der Waals surface area contributed by atoms with Crippen molar-refractivity contribution in [3.8, 4) is 0 Å². The van der Waals surface area contributed by atoms with E-state index in [9.17, 15) is 14.9 Å². The predicted octanol–water partition coefficient (Wildman–Crippen LogP) is 4.25. The minimum atomic E-state index is -0.564. The molecule has 0 radical (unpaired) electrons. The summed E-state index contributed by atoms with van der Waals surface area (Å²) in [5.41, 5.74) is 1.73. The summed E-state index contributed by atoms with van der Waals surface area (Å²) < 4.78 is 0.357. The van der Waals surface area contributed by atoms with Gasteiger partial charge in [0, 0.05) is 17.5 Å². The number of fused-ring (bicyclic) bond motifs is 1. The summed E-state index contributed by atoms with van der Waals surface area (Å²) in [5, 5.41) is 11.4. The molecule has 1 unspecified atom stereocenters. The number of thiocarbonyl (C=S) groups is 1. The van der Waals surface area contributed by atoms with Crippen molar-refractivity contribution in [1.29, 1.82) is 0 Å². The fourth-order valence-corrected chi connectivity index (χ4v) is 4.25. The minimum absolute atomic E-state index is 0.0876. The van der Waals surface area contributed by atoms with Gasteiger partial charge in [0.05, 0.1) is 21.8 Å². The molecular formula is C18H11N3O3S2. The van der Waals surface area contributed by atoms with Gasteiger partial charge in [-0.3, -0.25) is 24.8 Å². The Morgan fingerprint density at radius 1 is 1.12 bits per heavy atom. The van der Waals surface area contributed by atoms with Crippen molar-refractivity contribution in [3.05, 3.63) is 76.5 Å². The zero-order chi connectivity index (χ0) is 18.3. The second kappa shape index (κ2) is 6.47. The first kappa shape index (κ1) is 16.6. The summed E-state index contributed by atoms with van der Waals surface area (Å²) in [6.07, 6.45) is 0. The van der Waals surface area contributed by atoms with E-state index in [2.05, 4.69) is 4.98 Å². The van der Waals surface area contributed by atoms with Gasteiger partial charge < -0.3 is 0 Å². The number of nitrogens with zero attached hydrogens (tertiary/aromatic N) is 3. The molecule has 6 nitrogen and oxygen atoms in total. The summed E-state index contributed by atoms with van der Waals surface area (Å²) >= 11 is 6.58. The van der Waals surface area contributed by atoms with E-state index in [4.69, 9.17) is 12.2 Å². The molecule has 0 N–H and O–H groups in total. The molecule has 2 aromatic carbocycles. The summed E-state index contributed by atoms with van der Waals surface area (Å²) in [6.45, 7) is 0. The number of anilines is 1. The average molecular weight is 381 g/mol. The van der Waals surface area contributed by atoms with Crippen molar-refractivity contribution in [1.82, 2.24) is 4.98 Å². The molecule has 0 aliphatic carbocycles. The summed E-state index contributed by atoms with van der Waals surface area (Å²) in [4.78, 5) is 29.4. The van der Waals surface area contributed by atoms with Crippen LogP contribution in [0.2, 0.25) is 0 Å². The van der Waals surface area contributed by atoms with Gasteiger partial charge in [-0.1, -0.05) is 54.3 Å². The fraction of sp³-hybridized carbons (Fsp3) is 0.0556. The minimum Gasteiger partial charge on any atom is -0.272 e. The highest BCUT2D eigenvalue weighted by Crippen LogP contribution is 2.42. The molecule has 0 saturated carbocycles. The molecule has 2 heterocycles. The maximum atomic E-state index is 12.9. The Kier molecular flexibility index (Phi) is 4.14. The number of carbonyl (C=O) groups excluding carboxylic acids is 1. The van der Waals surface area contributed by atoms with E-state index in [1.807, 2.05) is 36.4 Å². The van der Waals surface area contributed by atoms with Gasteiger partial charge in [-0.2, -0.15) is 0 Å². The van der Waals surface area contributed by atoms with Crippen LogP contribution in [-0.2, 0) is 4.79 Å². The van der Waals surface area contributed by atoms with Crippen LogP contribution >= 0.6 is 24.0 Å². The Morgan fingerprint density at radius 2 is 1.92 bits per heavy atom. The molecule has 128 valence electrons. The first-order chi connectivity index (χ1) is 12.5. The second-order valence-corrected chi connectivity index (χ2v) is 7.38. The van der Waals surface area contributed by atoms with Gasteiger partial charge in [0.15, 0.2) is 0 Å². The zero-order valence-electron chi connectivity index (χ0n) is 13.2. The normalized spacial score (nSPS) is 17.1. The lowest BCUT2D eigenvalue weighted by molar-refractivity contribution is -0.384. The molecule has 26 heavy (non-hydrogen) atoms. The number of pyridine rings is 1. The van der Waals surface area contributed by atoms with Gasteiger partial charge in [0.25, 0.3) is 11.6 Å². The van der Waals surface area contributed by atoms with E-state index in [1.54, 1.807) is 6.07 Å². The topological polar surface area (TPSA) is 76.3 Å². The lowest BCUT2D eigenvalue weighted by Gasteiger charge is -2.15. The quantitative estimate of drug-likeness (QED) is 0.383. The summed E-state index contributed by atoms with van der Waals surface area (Å²) in [7, 11) is 0. The molecule has 1 saturated heterocycles. The van der Waals surface area contributed by atoms with Crippen molar-refractivity contribution < 1.29 is 9.72 Å². The fourth-order valence-electron chi connectivity index (χ4n) is 2.80. The number of thioether (sulfide) groups is 1. The molecule has 0 spiro atoms. The first-order valence-electron chi connectivity index (χ1n) is 7.69. The van der Waals surface area contributed by atoms with Gasteiger partial charge in [0.2, 0.25) is 0 Å². The molecule has 3 aromatic rings. The third kappa shape index (κ3) is 2.83. The van der Waals surface area contributed by atoms with Gasteiger partial charge in [0.1, 0.15) is 9.57 Å². The Morgan fingerprint density at radius 3 is 2.73 bits per heavy atom. The first-order valence-corrected chi connectivity index (χ1v) is 8.98. The number of aromatic nitrogens is 1. The third-order valence-corrected chi connectivity index (χ3v) is 5.57. The van der Waals surface area contributed by atoms with Crippen LogP contribution in [0.25, 0.3) is 10.9 Å². The number of para-hydroxylation sites is 1. The number of nitro benzene ring substituents is 1. The van der Waals surface area contributed by atoms with Gasteiger partial charge in [-0.15, -0.1) is 0 Å². The lowest BCUT2D eigenvalue weighted by atomic mass is 10.1. The number of benzene rings is 2. The van der Waals surface area contributed by atoms with Crippen LogP contribution in [0.15, 0.2) is 60.7 Å². The summed E-state index contributed by atoms with van der Waals surface area (Å²) in [5.74, 6) is -0.247. The smallest absolute Gasteiger partial charge is 0.271 e. The van der Waals surface area contributed by atoms with Crippen molar-refractivity contribution >= 4 is 56.5 Å². The van der Waals surface area contributed by atoms with Crippen LogP contribution in [0.3, 0.4) is 0 Å². The Balaban J connectivity index is 1.70. The van der Waals surface area contributed by atoms with Crippen LogP contribution in [0.4, 0.5) is 11.4 Å². The number of hydrogen-bond donors (Lipinski definition) is 0. The van der Waals surface area contributed by atoms with E-state index in [1.165, 1.54) is 34.9 Å². The highest BCUT2D eigenvalue weighted by molar-refractivity contribution is 8.24. The number of non-ortho nitro benzene ring substituents is 1. The van der Waals surface area contributed by atoms with Crippen molar-refractivity contribution in [3.63, 3.8) is 0 Å². The maximum absolute atomic E-state index is 12.9. The molecule has 1 aromatic heterocycles. The van der Waals surface area contributed by atoms with Crippen molar-refractivity contribution in [2.24, 2.45) is 0 Å². The summed E-state index contributed by atoms with van der Waals surface area (Å²) in [6, 6.07) is 17.3. The number of hydrogen-bond acceptors (Lipinski definition) is 6. The molecule has 8 heteroatoms. The monoisotopic (exact) mass is 381 g/mol. The SMILES string of the molecule is O=C1C(c2ccc3ccccc3n2)SC(=S)N1c1cccc([N+](=O)[O-])c1. The zero-order valence-corrected chi connectivity index (χ0v) is 14.9. The predicted molar refractivity (Wildman–Crippen MR) is 105 cm³/mol. The van der Waals surface area contributed by atoms with Gasteiger partial charge in [-0.05, 0) is 18.2 Å². The van der Waals surface area contributed by atoms with Crippen LogP contribution < -0.4 is 4.90 Å². The number of rotatable bonds is 3. The largest absolute Gasteiger partial charge is 0.272 e. The highest BCUT2D eigenvalue weighted by Gasteiger charge is 2.40. The van der Waals surface area contributed by atoms with Crippen molar-refractivity contribution in [2.75, 3.05) is 4.90 Å². The van der Waals surface area contributed by atoms with Gasteiger partial charge in [-0.25, -0.2) is 0 Å². The molecule has 1 fully saturated rings. The molecule has 1 aliphatic rings. The number of amides is 1. The van der Waals surface area contributed by atoms with Crippen LogP contribution in [0.5, 0.6) is 0 Å². The lowest BCUT2D eigenvalue weighted by Crippen LogP contribution is -2.29. The van der Waals surface area contributed by atoms with E-state index < -0.39 is 10.2 Å². The highest BCUT2D eigenvalue weighted by atomic mass is 32.2. The molecule has 4 rings (SSSR count). The molecule has 1 aliphatic heterocycles. The van der Waals surface area contributed by atoms with Crippen LogP contribution in [-0.4, -0.2) is 20.1 Å². The standard InChI is InChI=1S/C18H11N3O3S2/c22-17-16(15-9-8-11-4-1-2-7-14(11)19-15)26-18(25)20(17)12-5-3-6-13(10-12)21(23)24/h1-10,16H. The molecule has 1 atom stereocenters. The molecular weight excluding hydrogens is 370 g/mol. The maximum Gasteiger partial charge on any atom is 0.271 e. The van der Waals surface area contributed by atoms with Gasteiger partial charge >= 0.3 is 0 Å². The second-order valence-electron chi connectivity index (χ2n) is 5.64. The van der Waals surface area contributed by atoms with Crippen LogP contribution in [0.1, 0.15) is 10.9 Å². The third-order valence-electron chi connectivity index (χ3n) is 4.03. The molecule has 1 amide bonds. The number of carbonyl (C=O) groups is 1. The Bertz CT molecular complexity index is 1070. The van der Waals surface area contributed by atoms with E-state index in [0.29, 0.717) is 15.7 Å². The van der Waals surface area contributed by atoms with Crippen molar-refractivity contribution in [2.45, 2.75) is 5.25 Å². The van der Waals surface area contributed by atoms with E-state index in [0.717, 1.165) is 10.9 Å². The number of nitro groups is 1. The Hall–Kier alpha value is -2.84. The average Bonchev–Trinajstić information content (AvgIpc) is 2.95. The van der Waals surface area contributed by atoms with E-state index in [-0.39, 0.29) is 11.6 Å². The van der Waals surface area contributed by atoms with Crippen LogP contribution in [0, 0.1) is 10.1 Å². The van der Waals surface area contributed by atoms with E-state index >= 15 is 0 Å². The Labute approximate surface area is 158 Å².